The molecule has 1 unspecified atom stereocenters. The van der Waals surface area contributed by atoms with Crippen molar-refractivity contribution in [2.45, 2.75) is 32.9 Å². The second kappa shape index (κ2) is 8.21. The molecule has 3 aromatic rings. The Labute approximate surface area is 171 Å². The molecule has 2 heterocycles. The van der Waals surface area contributed by atoms with E-state index in [0.29, 0.717) is 13.1 Å². The summed E-state index contributed by atoms with van der Waals surface area (Å²) >= 11 is 0. The lowest BCUT2D eigenvalue weighted by Crippen LogP contribution is -2.47. The van der Waals surface area contributed by atoms with Gasteiger partial charge in [0.2, 0.25) is 5.91 Å². The van der Waals surface area contributed by atoms with Crippen molar-refractivity contribution in [3.05, 3.63) is 65.9 Å². The van der Waals surface area contributed by atoms with E-state index < -0.39 is 0 Å². The molecule has 0 N–H and O–H groups in total. The molecule has 0 aliphatic carbocycles. The number of rotatable bonds is 5. The quantitative estimate of drug-likeness (QED) is 0.655. The fraction of sp³-hybridized carbons (Fsp3) is 0.333. The zero-order valence-corrected chi connectivity index (χ0v) is 17.3. The molecule has 2 aromatic carbocycles. The highest BCUT2D eigenvalue weighted by molar-refractivity contribution is 5.81. The molecule has 0 spiro atoms. The molecule has 0 fully saturated rings. The minimum atomic E-state index is -0.156. The largest absolute Gasteiger partial charge is 0.360 e. The number of benzene rings is 2. The van der Waals surface area contributed by atoms with Crippen LogP contribution in [0.3, 0.4) is 0 Å². The van der Waals surface area contributed by atoms with Crippen LogP contribution in [0.5, 0.6) is 0 Å². The van der Waals surface area contributed by atoms with E-state index in [4.69, 9.17) is 4.52 Å². The molecular weight excluding hydrogens is 362 g/mol. The first-order valence-electron chi connectivity index (χ1n) is 10.2. The Bertz CT molecular complexity index is 979. The van der Waals surface area contributed by atoms with Crippen molar-refractivity contribution >= 4 is 5.91 Å². The first-order valence-corrected chi connectivity index (χ1v) is 10.2. The maximum Gasteiger partial charge on any atom is 0.239 e. The standard InChI is InChI=1S/C24H27N3O2/c1-4-26(3)24(28)17(2)27-15-14-22-21(16-27)23(25-29-22)20-12-10-19(11-13-20)18-8-6-5-7-9-18/h5-13,17H,4,14-16H2,1-3H3. The molecule has 1 aliphatic heterocycles. The second-order valence-corrected chi connectivity index (χ2v) is 7.63. The molecule has 4 rings (SSSR count). The fourth-order valence-corrected chi connectivity index (χ4v) is 3.87. The molecule has 1 aromatic heterocycles. The predicted octanol–water partition coefficient (Wildman–Crippen LogP) is 4.23. The predicted molar refractivity (Wildman–Crippen MR) is 114 cm³/mol. The van der Waals surface area contributed by atoms with E-state index in [1.54, 1.807) is 4.90 Å². The third-order valence-corrected chi connectivity index (χ3v) is 5.88. The molecular formula is C24H27N3O2. The number of aromatic nitrogens is 1. The van der Waals surface area contributed by atoms with Gasteiger partial charge in [-0.1, -0.05) is 59.8 Å². The van der Waals surface area contributed by atoms with Gasteiger partial charge in [0.1, 0.15) is 11.5 Å². The Balaban J connectivity index is 1.56. The van der Waals surface area contributed by atoms with Crippen molar-refractivity contribution in [3.63, 3.8) is 0 Å². The van der Waals surface area contributed by atoms with Gasteiger partial charge < -0.3 is 9.42 Å². The van der Waals surface area contributed by atoms with Crippen LogP contribution in [0, 0.1) is 0 Å². The zero-order valence-electron chi connectivity index (χ0n) is 17.3. The number of hydrogen-bond acceptors (Lipinski definition) is 4. The van der Waals surface area contributed by atoms with E-state index in [9.17, 15) is 4.79 Å². The van der Waals surface area contributed by atoms with Gasteiger partial charge in [-0.15, -0.1) is 0 Å². The highest BCUT2D eigenvalue weighted by atomic mass is 16.5. The zero-order chi connectivity index (χ0) is 20.4. The molecule has 0 radical (unpaired) electrons. The highest BCUT2D eigenvalue weighted by Gasteiger charge is 2.31. The summed E-state index contributed by atoms with van der Waals surface area (Å²) in [6.45, 7) is 6.18. The van der Waals surface area contributed by atoms with Crippen LogP contribution in [-0.4, -0.2) is 47.0 Å². The summed E-state index contributed by atoms with van der Waals surface area (Å²) in [7, 11) is 1.85. The van der Waals surface area contributed by atoms with E-state index in [2.05, 4.69) is 46.5 Å². The van der Waals surface area contributed by atoms with E-state index in [1.165, 1.54) is 11.1 Å². The van der Waals surface area contributed by atoms with E-state index in [1.807, 2.05) is 39.1 Å². The highest BCUT2D eigenvalue weighted by Crippen LogP contribution is 2.32. The van der Waals surface area contributed by atoms with Gasteiger partial charge in [-0.05, 0) is 25.0 Å². The van der Waals surface area contributed by atoms with Crippen molar-refractivity contribution in [2.75, 3.05) is 20.1 Å². The lowest BCUT2D eigenvalue weighted by molar-refractivity contribution is -0.135. The second-order valence-electron chi connectivity index (χ2n) is 7.63. The number of likely N-dealkylation sites (N-methyl/N-ethyl adjacent to an activating group) is 1. The molecule has 0 saturated carbocycles. The number of nitrogens with zero attached hydrogens (tertiary/aromatic N) is 3. The monoisotopic (exact) mass is 389 g/mol. The van der Waals surface area contributed by atoms with Gasteiger partial charge in [0, 0.05) is 44.2 Å². The maximum atomic E-state index is 12.6. The Kier molecular flexibility index (Phi) is 5.49. The molecule has 0 saturated heterocycles. The number of carbonyl (C=O) groups is 1. The topological polar surface area (TPSA) is 49.6 Å². The summed E-state index contributed by atoms with van der Waals surface area (Å²) in [6.07, 6.45) is 0.776. The Hall–Kier alpha value is -2.92. The maximum absolute atomic E-state index is 12.6. The normalized spacial score (nSPS) is 15.0. The van der Waals surface area contributed by atoms with E-state index in [0.717, 1.165) is 35.5 Å². The van der Waals surface area contributed by atoms with Crippen molar-refractivity contribution < 1.29 is 9.32 Å². The minimum absolute atomic E-state index is 0.154. The van der Waals surface area contributed by atoms with Gasteiger partial charge in [-0.2, -0.15) is 0 Å². The van der Waals surface area contributed by atoms with Crippen LogP contribution in [0.4, 0.5) is 0 Å². The van der Waals surface area contributed by atoms with Gasteiger partial charge in [0.15, 0.2) is 0 Å². The smallest absolute Gasteiger partial charge is 0.239 e. The number of amides is 1. The minimum Gasteiger partial charge on any atom is -0.360 e. The van der Waals surface area contributed by atoms with Crippen LogP contribution in [-0.2, 0) is 17.8 Å². The first-order chi connectivity index (χ1) is 14.1. The Morgan fingerprint density at radius 1 is 1.10 bits per heavy atom. The van der Waals surface area contributed by atoms with Crippen molar-refractivity contribution in [1.82, 2.24) is 15.0 Å². The van der Waals surface area contributed by atoms with Crippen LogP contribution in [0.15, 0.2) is 59.1 Å². The summed E-state index contributed by atoms with van der Waals surface area (Å²) in [4.78, 5) is 16.6. The van der Waals surface area contributed by atoms with Crippen LogP contribution in [0.2, 0.25) is 0 Å². The van der Waals surface area contributed by atoms with Crippen molar-refractivity contribution in [3.8, 4) is 22.4 Å². The van der Waals surface area contributed by atoms with Crippen LogP contribution in [0.25, 0.3) is 22.4 Å². The van der Waals surface area contributed by atoms with Crippen molar-refractivity contribution in [2.24, 2.45) is 0 Å². The van der Waals surface area contributed by atoms with Gasteiger partial charge >= 0.3 is 0 Å². The van der Waals surface area contributed by atoms with Gasteiger partial charge in [-0.3, -0.25) is 9.69 Å². The van der Waals surface area contributed by atoms with Crippen LogP contribution >= 0.6 is 0 Å². The summed E-state index contributed by atoms with van der Waals surface area (Å²) in [5.74, 6) is 1.09. The molecule has 5 heteroatoms. The first kappa shape index (κ1) is 19.4. The molecule has 1 atom stereocenters. The summed E-state index contributed by atoms with van der Waals surface area (Å²) in [6, 6.07) is 18.6. The molecule has 1 aliphatic rings. The van der Waals surface area contributed by atoms with Crippen LogP contribution in [0.1, 0.15) is 25.2 Å². The summed E-state index contributed by atoms with van der Waals surface area (Å²) < 4.78 is 5.64. The SMILES string of the molecule is CCN(C)C(=O)C(C)N1CCc2onc(-c3ccc(-c4ccccc4)cc3)c2C1. The van der Waals surface area contributed by atoms with Crippen molar-refractivity contribution in [1.29, 1.82) is 0 Å². The lowest BCUT2D eigenvalue weighted by Gasteiger charge is -2.33. The van der Waals surface area contributed by atoms with Crippen LogP contribution < -0.4 is 0 Å². The Morgan fingerprint density at radius 2 is 1.76 bits per heavy atom. The number of hydrogen-bond donors (Lipinski definition) is 0. The average Bonchev–Trinajstić information content (AvgIpc) is 3.21. The molecule has 1 amide bonds. The Morgan fingerprint density at radius 3 is 2.45 bits per heavy atom. The molecule has 5 nitrogen and oxygen atoms in total. The number of fused-ring (bicyclic) bond motifs is 1. The third-order valence-electron chi connectivity index (χ3n) is 5.88. The third kappa shape index (κ3) is 3.83. The molecule has 150 valence electrons. The van der Waals surface area contributed by atoms with Gasteiger partial charge in [0.05, 0.1) is 6.04 Å². The molecule has 0 bridgehead atoms. The average molecular weight is 389 g/mol. The van der Waals surface area contributed by atoms with Gasteiger partial charge in [-0.25, -0.2) is 0 Å². The van der Waals surface area contributed by atoms with E-state index >= 15 is 0 Å². The van der Waals surface area contributed by atoms with E-state index in [-0.39, 0.29) is 11.9 Å². The fourth-order valence-electron chi connectivity index (χ4n) is 3.87. The molecule has 29 heavy (non-hydrogen) atoms. The van der Waals surface area contributed by atoms with Gasteiger partial charge in [0.25, 0.3) is 0 Å². The number of carbonyl (C=O) groups excluding carboxylic acids is 1. The summed E-state index contributed by atoms with van der Waals surface area (Å²) in [5.41, 5.74) is 5.39. The lowest BCUT2D eigenvalue weighted by atomic mass is 9.98. The summed E-state index contributed by atoms with van der Waals surface area (Å²) in [5, 5.41) is 4.36.